The Morgan fingerprint density at radius 1 is 1.17 bits per heavy atom. The molecule has 18 heavy (non-hydrogen) atoms. The summed E-state index contributed by atoms with van der Waals surface area (Å²) in [7, 11) is 0. The van der Waals surface area contributed by atoms with Gasteiger partial charge in [0.2, 0.25) is 0 Å². The monoisotopic (exact) mass is 241 g/mol. The molecule has 0 radical (unpaired) electrons. The van der Waals surface area contributed by atoms with Crippen LogP contribution in [0.1, 0.15) is 37.7 Å². The van der Waals surface area contributed by atoms with Gasteiger partial charge in [-0.1, -0.05) is 0 Å². The Morgan fingerprint density at radius 3 is 2.39 bits per heavy atom. The van der Waals surface area contributed by atoms with Crippen LogP contribution in [0.25, 0.3) is 0 Å². The molecule has 4 aliphatic carbocycles. The van der Waals surface area contributed by atoms with Gasteiger partial charge >= 0.3 is 0 Å². The van der Waals surface area contributed by atoms with E-state index in [1.165, 1.54) is 32.1 Å². The van der Waals surface area contributed by atoms with Gasteiger partial charge in [-0.05, 0) is 61.7 Å². The second kappa shape index (κ2) is 3.85. The van der Waals surface area contributed by atoms with E-state index in [4.69, 9.17) is 5.26 Å². The van der Waals surface area contributed by atoms with Gasteiger partial charge in [0.25, 0.3) is 0 Å². The third-order valence-electron chi connectivity index (χ3n) is 5.58. The number of nitrogens with zero attached hydrogens (tertiary/aromatic N) is 3. The number of hydrogen-bond donors (Lipinski definition) is 0. The van der Waals surface area contributed by atoms with Crippen LogP contribution in [-0.2, 0) is 6.54 Å². The molecule has 0 unspecified atom stereocenters. The minimum Gasteiger partial charge on any atom is -0.271 e. The van der Waals surface area contributed by atoms with E-state index in [0.717, 1.165) is 36.1 Å². The Hall–Kier alpha value is -1.30. The van der Waals surface area contributed by atoms with E-state index in [-0.39, 0.29) is 0 Å². The normalized spacial score (nSPS) is 40.9. The molecule has 0 aromatic carbocycles. The van der Waals surface area contributed by atoms with Crippen molar-refractivity contribution in [3.8, 4) is 6.07 Å². The van der Waals surface area contributed by atoms with Crippen molar-refractivity contribution in [3.05, 3.63) is 18.0 Å². The van der Waals surface area contributed by atoms with Crippen LogP contribution in [0.4, 0.5) is 0 Å². The Balaban J connectivity index is 1.53. The number of hydrogen-bond acceptors (Lipinski definition) is 2. The van der Waals surface area contributed by atoms with Crippen molar-refractivity contribution in [1.82, 2.24) is 9.78 Å². The molecular weight excluding hydrogens is 222 g/mol. The third-order valence-corrected chi connectivity index (χ3v) is 5.58. The van der Waals surface area contributed by atoms with Crippen LogP contribution < -0.4 is 0 Å². The Bertz CT molecular complexity index is 468. The van der Waals surface area contributed by atoms with E-state index in [2.05, 4.69) is 11.2 Å². The highest BCUT2D eigenvalue weighted by Gasteiger charge is 2.48. The average molecular weight is 241 g/mol. The summed E-state index contributed by atoms with van der Waals surface area (Å²) in [5.74, 6) is 4.78. The van der Waals surface area contributed by atoms with Gasteiger partial charge in [0.05, 0.1) is 11.8 Å². The molecule has 4 bridgehead atoms. The molecule has 3 heteroatoms. The molecular formula is C15H19N3. The van der Waals surface area contributed by atoms with Crippen LogP contribution in [-0.4, -0.2) is 9.78 Å². The predicted molar refractivity (Wildman–Crippen MR) is 67.5 cm³/mol. The maximum atomic E-state index is 8.86. The van der Waals surface area contributed by atoms with Gasteiger partial charge in [-0.3, -0.25) is 4.68 Å². The fourth-order valence-corrected chi connectivity index (χ4v) is 5.07. The maximum Gasteiger partial charge on any atom is 0.102 e. The lowest BCUT2D eigenvalue weighted by Crippen LogP contribution is -2.46. The molecule has 0 amide bonds. The first-order valence-corrected chi connectivity index (χ1v) is 7.24. The second-order valence-electron chi connectivity index (χ2n) is 6.66. The van der Waals surface area contributed by atoms with E-state index < -0.39 is 0 Å². The summed E-state index contributed by atoms with van der Waals surface area (Å²) in [5.41, 5.74) is 0.693. The lowest BCUT2D eigenvalue weighted by Gasteiger charge is -2.54. The van der Waals surface area contributed by atoms with Crippen molar-refractivity contribution < 1.29 is 0 Å². The highest BCUT2D eigenvalue weighted by Crippen LogP contribution is 2.56. The molecule has 0 N–H and O–H groups in total. The zero-order chi connectivity index (χ0) is 12.1. The molecule has 0 saturated heterocycles. The van der Waals surface area contributed by atoms with Crippen LogP contribution >= 0.6 is 0 Å². The smallest absolute Gasteiger partial charge is 0.102 e. The first-order valence-electron chi connectivity index (χ1n) is 7.24. The summed E-state index contributed by atoms with van der Waals surface area (Å²) in [6.45, 7) is 1.04. The molecule has 5 rings (SSSR count). The van der Waals surface area contributed by atoms with Crippen LogP contribution in [0.2, 0.25) is 0 Å². The molecule has 0 aliphatic heterocycles. The molecule has 1 aromatic heterocycles. The summed E-state index contributed by atoms with van der Waals surface area (Å²) in [5, 5.41) is 13.2. The molecule has 4 aliphatic rings. The van der Waals surface area contributed by atoms with E-state index in [1.54, 1.807) is 6.20 Å². The van der Waals surface area contributed by atoms with Crippen LogP contribution in [0.5, 0.6) is 0 Å². The summed E-state index contributed by atoms with van der Waals surface area (Å²) < 4.78 is 2.01. The Labute approximate surface area is 108 Å². The molecule has 3 nitrogen and oxygen atoms in total. The topological polar surface area (TPSA) is 41.6 Å². The minimum atomic E-state index is 0.693. The number of aromatic nitrogens is 2. The lowest BCUT2D eigenvalue weighted by molar-refractivity contribution is -0.0442. The quantitative estimate of drug-likeness (QED) is 0.799. The van der Waals surface area contributed by atoms with Gasteiger partial charge in [-0.2, -0.15) is 10.4 Å². The maximum absolute atomic E-state index is 8.86. The zero-order valence-corrected chi connectivity index (χ0v) is 10.6. The van der Waals surface area contributed by atoms with Crippen molar-refractivity contribution in [3.63, 3.8) is 0 Å². The van der Waals surface area contributed by atoms with Crippen molar-refractivity contribution in [2.75, 3.05) is 0 Å². The van der Waals surface area contributed by atoms with Gasteiger partial charge in [0, 0.05) is 12.7 Å². The summed E-state index contributed by atoms with van der Waals surface area (Å²) >= 11 is 0. The van der Waals surface area contributed by atoms with Gasteiger partial charge in [-0.25, -0.2) is 0 Å². The number of nitriles is 1. The van der Waals surface area contributed by atoms with Crippen molar-refractivity contribution in [1.29, 1.82) is 5.26 Å². The SMILES string of the molecule is N#Cc1cnn(CC2C3CC4CC(C3)CC2C4)c1. The lowest BCUT2D eigenvalue weighted by atomic mass is 9.52. The molecule has 4 saturated carbocycles. The third kappa shape index (κ3) is 1.59. The van der Waals surface area contributed by atoms with Gasteiger partial charge in [0.1, 0.15) is 6.07 Å². The highest BCUT2D eigenvalue weighted by atomic mass is 15.3. The molecule has 94 valence electrons. The van der Waals surface area contributed by atoms with Crippen LogP contribution in [0.15, 0.2) is 12.4 Å². The predicted octanol–water partition coefficient (Wildman–Crippen LogP) is 2.83. The van der Waals surface area contributed by atoms with Gasteiger partial charge in [-0.15, -0.1) is 0 Å². The summed E-state index contributed by atoms with van der Waals surface area (Å²) in [4.78, 5) is 0. The van der Waals surface area contributed by atoms with Gasteiger partial charge in [0.15, 0.2) is 0 Å². The standard InChI is InChI=1S/C15H19N3/c16-6-12-7-17-18(8-12)9-15-13-2-10-1-11(4-13)5-14(15)3-10/h7-8,10-11,13-15H,1-5,9H2. The van der Waals surface area contributed by atoms with Crippen LogP contribution in [0, 0.1) is 40.9 Å². The van der Waals surface area contributed by atoms with Crippen molar-refractivity contribution in [2.45, 2.75) is 38.6 Å². The molecule has 0 atom stereocenters. The van der Waals surface area contributed by atoms with Crippen molar-refractivity contribution in [2.24, 2.45) is 29.6 Å². The molecule has 1 heterocycles. The van der Waals surface area contributed by atoms with E-state index in [0.29, 0.717) is 5.56 Å². The van der Waals surface area contributed by atoms with E-state index in [9.17, 15) is 0 Å². The van der Waals surface area contributed by atoms with E-state index in [1.807, 2.05) is 10.9 Å². The first kappa shape index (κ1) is 10.6. The largest absolute Gasteiger partial charge is 0.271 e. The highest BCUT2D eigenvalue weighted by molar-refractivity contribution is 5.21. The number of rotatable bonds is 2. The van der Waals surface area contributed by atoms with Crippen LogP contribution in [0.3, 0.4) is 0 Å². The van der Waals surface area contributed by atoms with Crippen molar-refractivity contribution >= 4 is 0 Å². The molecule has 1 aromatic rings. The first-order chi connectivity index (χ1) is 8.81. The Morgan fingerprint density at radius 2 is 1.83 bits per heavy atom. The Kier molecular flexibility index (Phi) is 2.27. The fraction of sp³-hybridized carbons (Fsp3) is 0.733. The van der Waals surface area contributed by atoms with E-state index >= 15 is 0 Å². The minimum absolute atomic E-state index is 0.693. The van der Waals surface area contributed by atoms with Gasteiger partial charge < -0.3 is 0 Å². The second-order valence-corrected chi connectivity index (χ2v) is 6.66. The molecule has 4 fully saturated rings. The summed E-state index contributed by atoms with van der Waals surface area (Å²) in [6, 6.07) is 2.17. The fourth-order valence-electron chi connectivity index (χ4n) is 5.07. The molecule has 0 spiro atoms. The zero-order valence-electron chi connectivity index (χ0n) is 10.6. The summed E-state index contributed by atoms with van der Waals surface area (Å²) in [6.07, 6.45) is 11.0. The average Bonchev–Trinajstić information content (AvgIpc) is 2.80.